The highest BCUT2D eigenvalue weighted by Gasteiger charge is 2.17. The third kappa shape index (κ3) is 3.24. The van der Waals surface area contributed by atoms with Crippen molar-refractivity contribution in [2.24, 2.45) is 0 Å². The maximum atomic E-state index is 6.30. The van der Waals surface area contributed by atoms with Crippen molar-refractivity contribution in [3.05, 3.63) is 29.6 Å². The van der Waals surface area contributed by atoms with Gasteiger partial charge in [0.2, 0.25) is 0 Å². The number of imidazole rings is 1. The molecule has 1 aliphatic carbocycles. The molecule has 0 saturated heterocycles. The molecule has 3 rings (SSSR count). The van der Waals surface area contributed by atoms with Crippen molar-refractivity contribution in [3.63, 3.8) is 0 Å². The van der Waals surface area contributed by atoms with Crippen LogP contribution in [0.3, 0.4) is 0 Å². The lowest BCUT2D eigenvalue weighted by Crippen LogP contribution is -2.15. The van der Waals surface area contributed by atoms with E-state index in [2.05, 4.69) is 34.7 Å². The molecule has 1 aromatic heterocycles. The number of nitrogens with zero attached hydrogens (tertiary/aromatic N) is 2. The molecule has 114 valence electrons. The number of hydrogen-bond donors (Lipinski definition) is 0. The first-order valence-corrected chi connectivity index (χ1v) is 8.31. The van der Waals surface area contributed by atoms with Crippen LogP contribution >= 0.6 is 11.6 Å². The molecule has 1 fully saturated rings. The zero-order valence-electron chi connectivity index (χ0n) is 12.8. The number of hydrogen-bond acceptors (Lipinski definition) is 2. The number of ether oxygens (including phenoxy) is 1. The molecule has 1 aliphatic rings. The summed E-state index contributed by atoms with van der Waals surface area (Å²) < 4.78 is 8.22. The first-order chi connectivity index (χ1) is 10.1. The molecule has 0 bridgehead atoms. The quantitative estimate of drug-likeness (QED) is 0.755. The molecule has 4 heteroatoms. The van der Waals surface area contributed by atoms with Crippen molar-refractivity contribution in [1.29, 1.82) is 0 Å². The molecule has 2 aromatic rings. The van der Waals surface area contributed by atoms with Gasteiger partial charge in [-0.1, -0.05) is 18.9 Å². The zero-order valence-corrected chi connectivity index (χ0v) is 13.6. The number of halogens is 1. The van der Waals surface area contributed by atoms with Crippen LogP contribution in [0.5, 0.6) is 0 Å². The number of fused-ring (bicyclic) bond motifs is 1. The minimum atomic E-state index is -0.0933. The molecule has 21 heavy (non-hydrogen) atoms. The highest BCUT2D eigenvalue weighted by Crippen LogP contribution is 2.26. The summed E-state index contributed by atoms with van der Waals surface area (Å²) in [5.74, 6) is 0.937. The van der Waals surface area contributed by atoms with Crippen LogP contribution in [0.2, 0.25) is 0 Å². The molecule has 0 amide bonds. The third-order valence-electron chi connectivity index (χ3n) is 4.26. The van der Waals surface area contributed by atoms with Gasteiger partial charge >= 0.3 is 0 Å². The second kappa shape index (κ2) is 6.37. The van der Waals surface area contributed by atoms with Crippen LogP contribution in [0.25, 0.3) is 11.0 Å². The van der Waals surface area contributed by atoms with Crippen molar-refractivity contribution in [2.45, 2.75) is 57.6 Å². The van der Waals surface area contributed by atoms with Gasteiger partial charge in [0.1, 0.15) is 5.82 Å². The van der Waals surface area contributed by atoms with E-state index in [1.807, 2.05) is 6.92 Å². The van der Waals surface area contributed by atoms with E-state index < -0.39 is 0 Å². The Bertz CT molecular complexity index is 615. The standard InChI is InChI=1S/C17H23ClN2O/c1-12-7-8-15-16(11-12)20(17(19-15)13(2)18)9-10-21-14-5-3-4-6-14/h7-8,11,13-14H,3-6,9-10H2,1-2H3. The molecule has 3 nitrogen and oxygen atoms in total. The molecule has 0 spiro atoms. The largest absolute Gasteiger partial charge is 0.376 e. The summed E-state index contributed by atoms with van der Waals surface area (Å²) in [7, 11) is 0. The Balaban J connectivity index is 1.80. The number of alkyl halides is 1. The van der Waals surface area contributed by atoms with Gasteiger partial charge in [-0.15, -0.1) is 11.6 Å². The van der Waals surface area contributed by atoms with Gasteiger partial charge in [-0.3, -0.25) is 0 Å². The van der Waals surface area contributed by atoms with Gasteiger partial charge in [0, 0.05) is 6.54 Å². The lowest BCUT2D eigenvalue weighted by atomic mass is 10.2. The van der Waals surface area contributed by atoms with E-state index in [1.165, 1.54) is 31.2 Å². The number of aromatic nitrogens is 2. The summed E-state index contributed by atoms with van der Waals surface area (Å²) in [4.78, 5) is 4.68. The molecule has 0 aliphatic heterocycles. The van der Waals surface area contributed by atoms with Crippen molar-refractivity contribution in [3.8, 4) is 0 Å². The smallest absolute Gasteiger partial charge is 0.127 e. The Labute approximate surface area is 131 Å². The molecule has 1 saturated carbocycles. The minimum absolute atomic E-state index is 0.0933. The Hall–Kier alpha value is -1.06. The lowest BCUT2D eigenvalue weighted by Gasteiger charge is -2.14. The second-order valence-electron chi connectivity index (χ2n) is 6.01. The van der Waals surface area contributed by atoms with Crippen molar-refractivity contribution < 1.29 is 4.74 Å². The summed E-state index contributed by atoms with van der Waals surface area (Å²) in [5, 5.41) is -0.0933. The van der Waals surface area contributed by atoms with Crippen molar-refractivity contribution in [1.82, 2.24) is 9.55 Å². The maximum Gasteiger partial charge on any atom is 0.127 e. The van der Waals surface area contributed by atoms with Crippen LogP contribution < -0.4 is 0 Å². The summed E-state index contributed by atoms with van der Waals surface area (Å²) in [6.07, 6.45) is 5.49. The summed E-state index contributed by atoms with van der Waals surface area (Å²) in [6, 6.07) is 6.35. The van der Waals surface area contributed by atoms with Crippen LogP contribution in [-0.2, 0) is 11.3 Å². The second-order valence-corrected chi connectivity index (χ2v) is 6.66. The predicted molar refractivity (Wildman–Crippen MR) is 86.9 cm³/mol. The van der Waals surface area contributed by atoms with Gasteiger partial charge in [0.25, 0.3) is 0 Å². The van der Waals surface area contributed by atoms with Gasteiger partial charge in [-0.25, -0.2) is 4.98 Å². The van der Waals surface area contributed by atoms with E-state index in [1.54, 1.807) is 0 Å². The van der Waals surface area contributed by atoms with Gasteiger partial charge in [0.15, 0.2) is 0 Å². The third-order valence-corrected chi connectivity index (χ3v) is 4.45. The fourth-order valence-corrected chi connectivity index (χ4v) is 3.32. The maximum absolute atomic E-state index is 6.30. The van der Waals surface area contributed by atoms with Gasteiger partial charge in [-0.2, -0.15) is 0 Å². The van der Waals surface area contributed by atoms with Gasteiger partial charge < -0.3 is 9.30 Å². The number of benzene rings is 1. The summed E-state index contributed by atoms with van der Waals surface area (Å²) in [5.41, 5.74) is 3.42. The van der Waals surface area contributed by atoms with Gasteiger partial charge in [0.05, 0.1) is 29.1 Å². The monoisotopic (exact) mass is 306 g/mol. The predicted octanol–water partition coefficient (Wildman–Crippen LogP) is 4.60. The van der Waals surface area contributed by atoms with Crippen LogP contribution in [0.15, 0.2) is 18.2 Å². The topological polar surface area (TPSA) is 27.1 Å². The van der Waals surface area contributed by atoms with Crippen LogP contribution in [0.1, 0.15) is 49.4 Å². The number of aryl methyl sites for hydroxylation is 1. The SMILES string of the molecule is Cc1ccc2nc(C(C)Cl)n(CCOC3CCCC3)c2c1. The van der Waals surface area contributed by atoms with Crippen LogP contribution in [0.4, 0.5) is 0 Å². The molecule has 1 unspecified atom stereocenters. The van der Waals surface area contributed by atoms with Gasteiger partial charge in [-0.05, 0) is 44.4 Å². The Morgan fingerprint density at radius 3 is 2.86 bits per heavy atom. The first kappa shape index (κ1) is 14.9. The van der Waals surface area contributed by atoms with E-state index in [4.69, 9.17) is 16.3 Å². The highest BCUT2D eigenvalue weighted by molar-refractivity contribution is 6.20. The van der Waals surface area contributed by atoms with Crippen LogP contribution in [0, 0.1) is 6.92 Å². The molecular weight excluding hydrogens is 284 g/mol. The lowest BCUT2D eigenvalue weighted by molar-refractivity contribution is 0.0531. The molecule has 0 N–H and O–H groups in total. The molecule has 1 atom stereocenters. The minimum Gasteiger partial charge on any atom is -0.376 e. The normalized spacial score (nSPS) is 17.7. The van der Waals surface area contributed by atoms with E-state index >= 15 is 0 Å². The van der Waals surface area contributed by atoms with Crippen molar-refractivity contribution >= 4 is 22.6 Å². The van der Waals surface area contributed by atoms with E-state index in [0.717, 1.165) is 30.0 Å². The average molecular weight is 307 g/mol. The Kier molecular flexibility index (Phi) is 4.51. The molecular formula is C17H23ClN2O. The Morgan fingerprint density at radius 2 is 2.14 bits per heavy atom. The fraction of sp³-hybridized carbons (Fsp3) is 0.588. The van der Waals surface area contributed by atoms with E-state index in [0.29, 0.717) is 6.10 Å². The average Bonchev–Trinajstić information content (AvgIpc) is 3.07. The molecule has 1 heterocycles. The fourth-order valence-electron chi connectivity index (χ4n) is 3.16. The Morgan fingerprint density at radius 1 is 1.38 bits per heavy atom. The summed E-state index contributed by atoms with van der Waals surface area (Å²) >= 11 is 6.30. The zero-order chi connectivity index (χ0) is 14.8. The first-order valence-electron chi connectivity index (χ1n) is 7.87. The summed E-state index contributed by atoms with van der Waals surface area (Å²) in [6.45, 7) is 5.64. The van der Waals surface area contributed by atoms with E-state index in [-0.39, 0.29) is 5.38 Å². The molecule has 1 aromatic carbocycles. The molecule has 0 radical (unpaired) electrons. The highest BCUT2D eigenvalue weighted by atomic mass is 35.5. The van der Waals surface area contributed by atoms with Crippen molar-refractivity contribution in [2.75, 3.05) is 6.61 Å². The number of rotatable bonds is 5. The van der Waals surface area contributed by atoms with E-state index in [9.17, 15) is 0 Å². The van der Waals surface area contributed by atoms with Crippen LogP contribution in [-0.4, -0.2) is 22.3 Å².